The van der Waals surface area contributed by atoms with Crippen LogP contribution in [0.5, 0.6) is 0 Å². The average Bonchev–Trinajstić information content (AvgIpc) is 1.46. The first-order valence-electron chi connectivity index (χ1n) is 1.02. The van der Waals surface area contributed by atoms with Gasteiger partial charge in [0.15, 0.2) is 0 Å². The molecule has 3 heteroatoms. The van der Waals surface area contributed by atoms with Gasteiger partial charge in [-0.3, -0.25) is 0 Å². The van der Waals surface area contributed by atoms with E-state index >= 15 is 0 Å². The Morgan fingerprint density at radius 1 is 1.20 bits per heavy atom. The number of methoxy groups -OCH3 is 1. The van der Waals surface area contributed by atoms with Gasteiger partial charge in [0.05, 0.1) is 0 Å². The van der Waals surface area contributed by atoms with Gasteiger partial charge in [-0.1, -0.05) is 0 Å². The molecule has 0 aliphatic heterocycles. The van der Waals surface area contributed by atoms with Gasteiger partial charge in [-0.05, 0) is 0 Å². The minimum atomic E-state index is 1.62. The SMILES string of the molecule is COC.[SeH][SeH]. The molecule has 0 rings (SSSR count). The van der Waals surface area contributed by atoms with Gasteiger partial charge in [-0.2, -0.15) is 0 Å². The molecule has 34 valence electrons. The van der Waals surface area contributed by atoms with Crippen molar-refractivity contribution in [1.82, 2.24) is 0 Å². The second-order valence-corrected chi connectivity index (χ2v) is 0.408. The fourth-order valence-electron chi connectivity index (χ4n) is 0. The molecule has 0 aliphatic rings. The molecule has 0 aliphatic carbocycles. The second-order valence-electron chi connectivity index (χ2n) is 0.408. The van der Waals surface area contributed by atoms with Gasteiger partial charge >= 0.3 is 28.4 Å². The first-order chi connectivity index (χ1) is 2.41. The van der Waals surface area contributed by atoms with E-state index in [0.29, 0.717) is 0 Å². The molecular formula is C2H8OSe2. The van der Waals surface area contributed by atoms with Crippen LogP contribution in [0.15, 0.2) is 0 Å². The van der Waals surface area contributed by atoms with Crippen molar-refractivity contribution in [3.8, 4) is 0 Å². The fourth-order valence-corrected chi connectivity index (χ4v) is 0. The van der Waals surface area contributed by atoms with Gasteiger partial charge in [0, 0.05) is 14.2 Å². The van der Waals surface area contributed by atoms with Crippen molar-refractivity contribution in [1.29, 1.82) is 0 Å². The van der Waals surface area contributed by atoms with E-state index in [1.54, 1.807) is 14.2 Å². The Morgan fingerprint density at radius 3 is 1.20 bits per heavy atom. The molecule has 0 atom stereocenters. The van der Waals surface area contributed by atoms with E-state index in [9.17, 15) is 0 Å². The molecule has 1 nitrogen and oxygen atoms in total. The van der Waals surface area contributed by atoms with Gasteiger partial charge in [0.2, 0.25) is 0 Å². The predicted molar refractivity (Wildman–Crippen MR) is 27.2 cm³/mol. The number of ether oxygens (including phenoxy) is 1. The van der Waals surface area contributed by atoms with Crippen LogP contribution in [0.25, 0.3) is 0 Å². The molecule has 0 radical (unpaired) electrons. The van der Waals surface area contributed by atoms with E-state index in [2.05, 4.69) is 33.1 Å². The van der Waals surface area contributed by atoms with Crippen LogP contribution in [0.4, 0.5) is 0 Å². The van der Waals surface area contributed by atoms with Crippen molar-refractivity contribution < 1.29 is 4.74 Å². The zero-order valence-corrected chi connectivity index (χ0v) is 7.06. The summed E-state index contributed by atoms with van der Waals surface area (Å²) in [7, 11) is 3.25. The Hall–Kier alpha value is 0.999. The monoisotopic (exact) mass is 208 g/mol. The number of rotatable bonds is 0. The van der Waals surface area contributed by atoms with Gasteiger partial charge in [0.25, 0.3) is 0 Å². The number of hydrogen-bond donors (Lipinski definition) is 0. The van der Waals surface area contributed by atoms with Crippen molar-refractivity contribution in [2.75, 3.05) is 14.2 Å². The molecular weight excluding hydrogens is 198 g/mol. The Balaban J connectivity index is 0. The summed E-state index contributed by atoms with van der Waals surface area (Å²) in [6, 6.07) is 0. The Morgan fingerprint density at radius 2 is 1.20 bits per heavy atom. The van der Waals surface area contributed by atoms with Crippen molar-refractivity contribution in [3.63, 3.8) is 0 Å². The van der Waals surface area contributed by atoms with Crippen molar-refractivity contribution in [3.05, 3.63) is 0 Å². The molecule has 0 N–H and O–H groups in total. The number of hydrogen-bond acceptors (Lipinski definition) is 1. The summed E-state index contributed by atoms with van der Waals surface area (Å²) >= 11 is 4.50. The third-order valence-corrected chi connectivity index (χ3v) is 0. The molecule has 0 aromatic heterocycles. The molecule has 0 fully saturated rings. The van der Waals surface area contributed by atoms with Crippen LogP contribution in [0, 0.1) is 0 Å². The van der Waals surface area contributed by atoms with Gasteiger partial charge in [-0.15, -0.1) is 0 Å². The van der Waals surface area contributed by atoms with Crippen LogP contribution in [0.2, 0.25) is 0 Å². The van der Waals surface area contributed by atoms with Crippen LogP contribution < -0.4 is 0 Å². The van der Waals surface area contributed by atoms with Crippen LogP contribution in [0.1, 0.15) is 0 Å². The topological polar surface area (TPSA) is 9.23 Å². The predicted octanol–water partition coefficient (Wildman–Crippen LogP) is -1.03. The van der Waals surface area contributed by atoms with Gasteiger partial charge < -0.3 is 4.74 Å². The first-order valence-corrected chi connectivity index (χ1v) is 6.22. The summed E-state index contributed by atoms with van der Waals surface area (Å²) in [5.74, 6) is 0. The van der Waals surface area contributed by atoms with E-state index in [1.165, 1.54) is 0 Å². The molecule has 0 unspecified atom stereocenters. The summed E-state index contributed by atoms with van der Waals surface area (Å²) in [5, 5.41) is 0. The first kappa shape index (κ1) is 9.37. The zero-order chi connectivity index (χ0) is 4.71. The van der Waals surface area contributed by atoms with E-state index in [4.69, 9.17) is 0 Å². The van der Waals surface area contributed by atoms with Gasteiger partial charge in [0.1, 0.15) is 0 Å². The minimum absolute atomic E-state index is 1.62. The van der Waals surface area contributed by atoms with E-state index < -0.39 is 0 Å². The van der Waals surface area contributed by atoms with Crippen molar-refractivity contribution >= 4 is 28.4 Å². The molecule has 0 amide bonds. The van der Waals surface area contributed by atoms with Crippen LogP contribution in [0.3, 0.4) is 0 Å². The Labute approximate surface area is 47.6 Å². The summed E-state index contributed by atoms with van der Waals surface area (Å²) < 4.78 is 4.25. The molecule has 0 heterocycles. The third kappa shape index (κ3) is 45.1. The maximum atomic E-state index is 4.25. The molecule has 0 aromatic rings. The van der Waals surface area contributed by atoms with Crippen LogP contribution in [-0.2, 0) is 4.74 Å². The summed E-state index contributed by atoms with van der Waals surface area (Å²) in [6.07, 6.45) is 0. The van der Waals surface area contributed by atoms with Crippen LogP contribution in [-0.4, -0.2) is 42.6 Å². The summed E-state index contributed by atoms with van der Waals surface area (Å²) in [5.41, 5.74) is 0. The fraction of sp³-hybridized carbons (Fsp3) is 1.00. The normalized spacial score (nSPS) is 4.80. The molecule has 0 saturated heterocycles. The molecule has 5 heavy (non-hydrogen) atoms. The standard InChI is InChI=1S/C2H6O.H2Se2/c1-3-2;1-2/h1-2H3;1-2H. The molecule has 0 aromatic carbocycles. The molecule has 0 spiro atoms. The molecule has 0 saturated carbocycles. The summed E-state index contributed by atoms with van der Waals surface area (Å²) in [4.78, 5) is 0. The van der Waals surface area contributed by atoms with Gasteiger partial charge in [-0.25, -0.2) is 0 Å². The van der Waals surface area contributed by atoms with Crippen molar-refractivity contribution in [2.24, 2.45) is 0 Å². The second kappa shape index (κ2) is 20.0. The van der Waals surface area contributed by atoms with E-state index in [1.807, 2.05) is 0 Å². The summed E-state index contributed by atoms with van der Waals surface area (Å²) in [6.45, 7) is 0. The quantitative estimate of drug-likeness (QED) is 0.460. The van der Waals surface area contributed by atoms with Crippen molar-refractivity contribution in [2.45, 2.75) is 0 Å². The zero-order valence-electron chi connectivity index (χ0n) is 3.30. The van der Waals surface area contributed by atoms with E-state index in [-0.39, 0.29) is 0 Å². The average molecular weight is 206 g/mol. The maximum absolute atomic E-state index is 4.25. The Bertz CT molecular complexity index is 7.61. The molecule has 0 bridgehead atoms. The Kier molecular flexibility index (Phi) is 37.5. The third-order valence-electron chi connectivity index (χ3n) is 0. The van der Waals surface area contributed by atoms with E-state index in [0.717, 1.165) is 0 Å². The van der Waals surface area contributed by atoms with Crippen LogP contribution >= 0.6 is 0 Å².